The average Bonchev–Trinajstić information content (AvgIpc) is 3.17. The van der Waals surface area contributed by atoms with Gasteiger partial charge in [0, 0.05) is 45.6 Å². The summed E-state index contributed by atoms with van der Waals surface area (Å²) < 4.78 is 28.1. The molecule has 5 aromatic carbocycles. The van der Waals surface area contributed by atoms with Crippen LogP contribution in [0.3, 0.4) is 0 Å². The van der Waals surface area contributed by atoms with Crippen molar-refractivity contribution in [1.82, 2.24) is 15.1 Å². The monoisotopic (exact) mass is 688 g/mol. The van der Waals surface area contributed by atoms with Crippen LogP contribution in [0.2, 0.25) is 0 Å². The first-order valence-corrected chi connectivity index (χ1v) is 16.9. The zero-order valence-electron chi connectivity index (χ0n) is 28.8. The van der Waals surface area contributed by atoms with Gasteiger partial charge in [0.15, 0.2) is 11.6 Å². The highest BCUT2D eigenvalue weighted by Gasteiger charge is 2.35. The molecule has 0 spiro atoms. The zero-order chi connectivity index (χ0) is 36.3. The van der Waals surface area contributed by atoms with Gasteiger partial charge < -0.3 is 20.9 Å². The molecule has 3 amide bonds. The molecule has 0 aliphatic heterocycles. The van der Waals surface area contributed by atoms with Gasteiger partial charge in [0.1, 0.15) is 12.1 Å². The van der Waals surface area contributed by atoms with Gasteiger partial charge in [-0.15, -0.1) is 0 Å². The second-order valence-corrected chi connectivity index (χ2v) is 12.5. The summed E-state index contributed by atoms with van der Waals surface area (Å²) in [5.41, 5.74) is 11.2. The predicted molar refractivity (Wildman–Crippen MR) is 196 cm³/mol. The van der Waals surface area contributed by atoms with Crippen molar-refractivity contribution >= 4 is 17.7 Å². The molecular formula is C42H42F2N4O3. The minimum absolute atomic E-state index is 0.0781. The second-order valence-electron chi connectivity index (χ2n) is 12.5. The molecule has 51 heavy (non-hydrogen) atoms. The van der Waals surface area contributed by atoms with E-state index in [1.54, 1.807) is 25.2 Å². The molecule has 0 unspecified atom stereocenters. The van der Waals surface area contributed by atoms with Crippen LogP contribution in [0.1, 0.15) is 32.6 Å². The molecule has 0 bridgehead atoms. The number of nitrogens with two attached hydrogens (primary N) is 1. The molecule has 5 aromatic rings. The van der Waals surface area contributed by atoms with Crippen molar-refractivity contribution in [2.75, 3.05) is 20.6 Å². The third-order valence-electron chi connectivity index (χ3n) is 9.06. The van der Waals surface area contributed by atoms with Crippen LogP contribution < -0.4 is 11.1 Å². The molecule has 0 fully saturated rings. The normalized spacial score (nSPS) is 12.1. The lowest BCUT2D eigenvalue weighted by Crippen LogP contribution is -2.56. The minimum atomic E-state index is -1.09. The topological polar surface area (TPSA) is 95.7 Å². The lowest BCUT2D eigenvalue weighted by Gasteiger charge is -2.35. The molecule has 0 aliphatic rings. The van der Waals surface area contributed by atoms with Gasteiger partial charge in [0.05, 0.1) is 0 Å². The maximum absolute atomic E-state index is 14.6. The van der Waals surface area contributed by atoms with Gasteiger partial charge in [-0.2, -0.15) is 0 Å². The highest BCUT2D eigenvalue weighted by atomic mass is 19.2. The molecule has 0 aromatic heterocycles. The Balaban J connectivity index is 1.45. The third-order valence-corrected chi connectivity index (χ3v) is 9.06. The number of benzene rings is 5. The number of carbonyl (C=O) groups excluding carboxylic acids is 3. The number of likely N-dealkylation sites (N-methyl/N-ethyl adjacent to an activating group) is 2. The highest BCUT2D eigenvalue weighted by molar-refractivity contribution is 5.98. The molecule has 9 heteroatoms. The summed E-state index contributed by atoms with van der Waals surface area (Å²) >= 11 is 0. The van der Waals surface area contributed by atoms with Gasteiger partial charge in [0.25, 0.3) is 5.91 Å². The smallest absolute Gasteiger partial charge is 0.254 e. The number of amides is 3. The molecule has 0 saturated carbocycles. The molecule has 0 saturated heterocycles. The standard InChI is InChI=1S/C42H42F2N4O3/c1-47(38(27-31-18-21-36(43)37(44)25-31)40(49)46-23-22-29-10-5-3-6-11-29)42(51)39(48(2)41(50)35-15-9-12-32(24-35)28-45)26-30-16-19-34(20-17-30)33-13-7-4-8-14-33/h3-21,24-25,38-39H,22-23,26-28,45H2,1-2H3,(H,46,49)/t38-,39-/m1/s1. The minimum Gasteiger partial charge on any atom is -0.354 e. The average molecular weight is 689 g/mol. The Hall–Kier alpha value is -5.67. The van der Waals surface area contributed by atoms with E-state index in [-0.39, 0.29) is 25.3 Å². The van der Waals surface area contributed by atoms with Crippen molar-refractivity contribution in [3.63, 3.8) is 0 Å². The lowest BCUT2D eigenvalue weighted by molar-refractivity contribution is -0.142. The molecule has 3 N–H and O–H groups in total. The van der Waals surface area contributed by atoms with Crippen LogP contribution in [-0.4, -0.2) is 60.2 Å². The van der Waals surface area contributed by atoms with Crippen LogP contribution in [0, 0.1) is 11.6 Å². The second kappa shape index (κ2) is 17.3. The van der Waals surface area contributed by atoms with Crippen molar-refractivity contribution in [3.05, 3.63) is 167 Å². The summed E-state index contributed by atoms with van der Waals surface area (Å²) in [6.07, 6.45) is 0.638. The summed E-state index contributed by atoms with van der Waals surface area (Å²) in [6, 6.07) is 35.6. The first-order valence-electron chi connectivity index (χ1n) is 16.9. The zero-order valence-corrected chi connectivity index (χ0v) is 28.8. The summed E-state index contributed by atoms with van der Waals surface area (Å²) in [5.74, 6) is -3.39. The van der Waals surface area contributed by atoms with Crippen molar-refractivity contribution in [3.8, 4) is 11.1 Å². The van der Waals surface area contributed by atoms with Crippen LogP contribution in [0.15, 0.2) is 127 Å². The maximum atomic E-state index is 14.6. The van der Waals surface area contributed by atoms with Crippen molar-refractivity contribution in [2.45, 2.75) is 37.9 Å². The first kappa shape index (κ1) is 36.6. The van der Waals surface area contributed by atoms with E-state index in [2.05, 4.69) is 5.32 Å². The number of hydrogen-bond acceptors (Lipinski definition) is 4. The van der Waals surface area contributed by atoms with E-state index in [0.717, 1.165) is 39.9 Å². The van der Waals surface area contributed by atoms with E-state index in [1.165, 1.54) is 22.9 Å². The van der Waals surface area contributed by atoms with Gasteiger partial charge in [-0.3, -0.25) is 14.4 Å². The largest absolute Gasteiger partial charge is 0.354 e. The number of nitrogens with one attached hydrogen (secondary N) is 1. The van der Waals surface area contributed by atoms with E-state index >= 15 is 0 Å². The summed E-state index contributed by atoms with van der Waals surface area (Å²) in [6.45, 7) is 0.543. The van der Waals surface area contributed by atoms with Crippen LogP contribution in [-0.2, 0) is 35.4 Å². The fourth-order valence-electron chi connectivity index (χ4n) is 6.03. The Morgan fingerprint density at radius 3 is 1.90 bits per heavy atom. The van der Waals surface area contributed by atoms with Gasteiger partial charge in [-0.05, 0) is 64.1 Å². The number of rotatable bonds is 14. The van der Waals surface area contributed by atoms with Crippen LogP contribution >= 0.6 is 0 Å². The Morgan fingerprint density at radius 1 is 0.627 bits per heavy atom. The van der Waals surface area contributed by atoms with Crippen LogP contribution in [0.25, 0.3) is 11.1 Å². The maximum Gasteiger partial charge on any atom is 0.254 e. The van der Waals surface area contributed by atoms with Gasteiger partial charge in [-0.25, -0.2) is 8.78 Å². The van der Waals surface area contributed by atoms with E-state index < -0.39 is 35.5 Å². The van der Waals surface area contributed by atoms with E-state index in [1.807, 2.05) is 91.0 Å². The van der Waals surface area contributed by atoms with Crippen molar-refractivity contribution in [2.24, 2.45) is 5.73 Å². The molecule has 0 aliphatic carbocycles. The summed E-state index contributed by atoms with van der Waals surface area (Å²) in [4.78, 5) is 45.0. The van der Waals surface area contributed by atoms with Gasteiger partial charge >= 0.3 is 0 Å². The Labute approximate surface area is 297 Å². The van der Waals surface area contributed by atoms with Crippen LogP contribution in [0.5, 0.6) is 0 Å². The van der Waals surface area contributed by atoms with Gasteiger partial charge in [-0.1, -0.05) is 103 Å². The Kier molecular flexibility index (Phi) is 12.4. The molecule has 7 nitrogen and oxygen atoms in total. The SMILES string of the molecule is CN(C(=O)c1cccc(CN)c1)[C@H](Cc1ccc(-c2ccccc2)cc1)C(=O)N(C)[C@H](Cc1ccc(F)c(F)c1)C(=O)NCCc1ccccc1. The predicted octanol–water partition coefficient (Wildman–Crippen LogP) is 6.20. The van der Waals surface area contributed by atoms with E-state index in [4.69, 9.17) is 5.73 Å². The highest BCUT2D eigenvalue weighted by Crippen LogP contribution is 2.22. The molecular weight excluding hydrogens is 646 g/mol. The van der Waals surface area contributed by atoms with E-state index in [0.29, 0.717) is 24.1 Å². The molecule has 2 atom stereocenters. The van der Waals surface area contributed by atoms with Crippen molar-refractivity contribution in [1.29, 1.82) is 0 Å². The molecule has 262 valence electrons. The quantitative estimate of drug-likeness (QED) is 0.145. The lowest BCUT2D eigenvalue weighted by atomic mass is 9.97. The first-order chi connectivity index (χ1) is 24.6. The third kappa shape index (κ3) is 9.52. The molecule has 5 rings (SSSR count). The molecule has 0 radical (unpaired) electrons. The number of hydrogen-bond donors (Lipinski definition) is 2. The molecule has 0 heterocycles. The van der Waals surface area contributed by atoms with Crippen LogP contribution in [0.4, 0.5) is 8.78 Å². The summed E-state index contributed by atoms with van der Waals surface area (Å²) in [5, 5.41) is 2.92. The fourth-order valence-corrected chi connectivity index (χ4v) is 6.03. The van der Waals surface area contributed by atoms with Crippen molar-refractivity contribution < 1.29 is 23.2 Å². The number of halogens is 2. The Morgan fingerprint density at radius 2 is 1.24 bits per heavy atom. The summed E-state index contributed by atoms with van der Waals surface area (Å²) in [7, 11) is 3.07. The fraction of sp³-hybridized carbons (Fsp3) is 0.214. The number of nitrogens with zero attached hydrogens (tertiary/aromatic N) is 2. The van der Waals surface area contributed by atoms with E-state index in [9.17, 15) is 23.2 Å². The van der Waals surface area contributed by atoms with Gasteiger partial charge in [0.2, 0.25) is 11.8 Å². The number of carbonyl (C=O) groups is 3. The Bertz CT molecular complexity index is 1940.